The molecule has 0 saturated carbocycles. The van der Waals surface area contributed by atoms with Gasteiger partial charge in [0.25, 0.3) is 0 Å². The van der Waals surface area contributed by atoms with Gasteiger partial charge < -0.3 is 9.40 Å². The van der Waals surface area contributed by atoms with Crippen LogP contribution in [0.4, 0.5) is 0 Å². The Hall–Kier alpha value is -2.38. The first kappa shape index (κ1) is 17.4. The Bertz CT molecular complexity index is 1010. The Balaban J connectivity index is 1.98. The second-order valence-corrected chi connectivity index (χ2v) is 7.78. The highest BCUT2D eigenvalue weighted by Gasteiger charge is 2.25. The van der Waals surface area contributed by atoms with E-state index in [1.807, 2.05) is 6.92 Å². The van der Waals surface area contributed by atoms with Gasteiger partial charge in [-0.05, 0) is 48.2 Å². The van der Waals surface area contributed by atoms with E-state index in [1.165, 1.54) is 22.7 Å². The van der Waals surface area contributed by atoms with Gasteiger partial charge in [0.15, 0.2) is 0 Å². The molecule has 0 spiro atoms. The summed E-state index contributed by atoms with van der Waals surface area (Å²) in [6.45, 7) is 2.63. The zero-order chi connectivity index (χ0) is 17.9. The van der Waals surface area contributed by atoms with Gasteiger partial charge in [-0.25, -0.2) is 8.42 Å². The number of hydrogen-bond acceptors (Lipinski definition) is 4. The van der Waals surface area contributed by atoms with Gasteiger partial charge in [0.1, 0.15) is 5.76 Å². The first-order valence-electron chi connectivity index (χ1n) is 8.16. The number of H-pyrrole nitrogens is 1. The van der Waals surface area contributed by atoms with Crippen molar-refractivity contribution in [1.29, 1.82) is 0 Å². The lowest BCUT2D eigenvalue weighted by molar-refractivity contribution is 0.358. The molecule has 2 aromatic heterocycles. The predicted octanol–water partition coefficient (Wildman–Crippen LogP) is 3.11. The van der Waals surface area contributed by atoms with Crippen molar-refractivity contribution in [3.63, 3.8) is 0 Å². The maximum atomic E-state index is 13.1. The van der Waals surface area contributed by atoms with Gasteiger partial charge in [-0.3, -0.25) is 4.79 Å². The highest BCUT2D eigenvalue weighted by molar-refractivity contribution is 7.89. The highest BCUT2D eigenvalue weighted by Crippen LogP contribution is 2.22. The third-order valence-electron chi connectivity index (χ3n) is 4.01. The minimum atomic E-state index is -3.67. The Morgan fingerprint density at radius 2 is 2.00 bits per heavy atom. The summed E-state index contributed by atoms with van der Waals surface area (Å²) < 4.78 is 32.9. The normalized spacial score (nSPS) is 12.1. The summed E-state index contributed by atoms with van der Waals surface area (Å²) in [5.74, 6) is 0.602. The molecule has 7 heteroatoms. The van der Waals surface area contributed by atoms with Crippen LogP contribution in [-0.2, 0) is 16.6 Å². The molecule has 3 aromatic rings. The van der Waals surface area contributed by atoms with Crippen LogP contribution in [0.5, 0.6) is 0 Å². The van der Waals surface area contributed by atoms with E-state index in [0.717, 1.165) is 12.8 Å². The van der Waals surface area contributed by atoms with Crippen LogP contribution in [0.3, 0.4) is 0 Å². The first-order valence-corrected chi connectivity index (χ1v) is 9.60. The molecule has 0 bridgehead atoms. The monoisotopic (exact) mass is 360 g/mol. The average Bonchev–Trinajstić information content (AvgIpc) is 3.11. The van der Waals surface area contributed by atoms with E-state index in [2.05, 4.69) is 4.98 Å². The van der Waals surface area contributed by atoms with Crippen molar-refractivity contribution in [3.05, 3.63) is 64.8 Å². The van der Waals surface area contributed by atoms with Gasteiger partial charge in [0, 0.05) is 18.1 Å². The molecular formula is C18H20N2O4S. The number of aromatic amines is 1. The van der Waals surface area contributed by atoms with Crippen LogP contribution in [0.25, 0.3) is 10.9 Å². The van der Waals surface area contributed by atoms with Gasteiger partial charge >= 0.3 is 0 Å². The summed E-state index contributed by atoms with van der Waals surface area (Å²) in [7, 11) is -3.67. The average molecular weight is 360 g/mol. The molecule has 0 atom stereocenters. The zero-order valence-corrected chi connectivity index (χ0v) is 14.8. The highest BCUT2D eigenvalue weighted by atomic mass is 32.2. The van der Waals surface area contributed by atoms with Crippen molar-refractivity contribution >= 4 is 20.9 Å². The molecule has 0 aliphatic heterocycles. The molecule has 0 fully saturated rings. The number of nitrogens with one attached hydrogen (secondary N) is 1. The molecular weight excluding hydrogens is 340 g/mol. The molecule has 0 radical (unpaired) electrons. The Labute approximate surface area is 146 Å². The summed E-state index contributed by atoms with van der Waals surface area (Å²) in [4.78, 5) is 14.3. The third kappa shape index (κ3) is 3.83. The van der Waals surface area contributed by atoms with Gasteiger partial charge in [-0.15, -0.1) is 0 Å². The van der Waals surface area contributed by atoms with Crippen LogP contribution >= 0.6 is 0 Å². The van der Waals surface area contributed by atoms with Crippen molar-refractivity contribution in [1.82, 2.24) is 9.29 Å². The molecule has 0 aliphatic carbocycles. The van der Waals surface area contributed by atoms with Crippen molar-refractivity contribution in [2.75, 3.05) is 6.54 Å². The van der Waals surface area contributed by atoms with E-state index < -0.39 is 10.0 Å². The maximum Gasteiger partial charge on any atom is 0.248 e. The fourth-order valence-electron chi connectivity index (χ4n) is 2.64. The molecule has 132 valence electrons. The molecule has 0 aliphatic rings. The van der Waals surface area contributed by atoms with Gasteiger partial charge in [0.05, 0.1) is 17.7 Å². The molecule has 25 heavy (non-hydrogen) atoms. The van der Waals surface area contributed by atoms with E-state index in [9.17, 15) is 13.2 Å². The van der Waals surface area contributed by atoms with E-state index in [0.29, 0.717) is 23.2 Å². The quantitative estimate of drug-likeness (QED) is 0.702. The van der Waals surface area contributed by atoms with Crippen molar-refractivity contribution in [3.8, 4) is 0 Å². The SMILES string of the molecule is CCCCN(Cc1ccco1)S(=O)(=O)c1ccc2[nH]c(=O)ccc2c1. The summed E-state index contributed by atoms with van der Waals surface area (Å²) in [6, 6.07) is 11.2. The molecule has 0 unspecified atom stereocenters. The lowest BCUT2D eigenvalue weighted by atomic mass is 10.2. The van der Waals surface area contributed by atoms with Crippen LogP contribution in [0.15, 0.2) is 62.8 Å². The molecule has 2 heterocycles. The summed E-state index contributed by atoms with van der Waals surface area (Å²) in [5, 5.41) is 0.675. The fraction of sp³-hybridized carbons (Fsp3) is 0.278. The number of furan rings is 1. The number of pyridine rings is 1. The van der Waals surface area contributed by atoms with Crippen molar-refractivity contribution < 1.29 is 12.8 Å². The van der Waals surface area contributed by atoms with Crippen molar-refractivity contribution in [2.24, 2.45) is 0 Å². The molecule has 1 aromatic carbocycles. The number of sulfonamides is 1. The number of fused-ring (bicyclic) bond motifs is 1. The minimum Gasteiger partial charge on any atom is -0.468 e. The van der Waals surface area contributed by atoms with E-state index >= 15 is 0 Å². The standard InChI is InChI=1S/C18H20N2O4S/c1-2-3-10-20(13-15-5-4-11-24-15)25(22,23)16-7-8-17-14(12-16)6-9-18(21)19-17/h4-9,11-12H,2-3,10,13H2,1H3,(H,19,21). The fourth-order valence-corrected chi connectivity index (χ4v) is 4.12. The van der Waals surface area contributed by atoms with Gasteiger partial charge in [0.2, 0.25) is 15.6 Å². The van der Waals surface area contributed by atoms with Crippen LogP contribution in [0.2, 0.25) is 0 Å². The Morgan fingerprint density at radius 3 is 2.72 bits per heavy atom. The Morgan fingerprint density at radius 1 is 1.16 bits per heavy atom. The number of unbranched alkanes of at least 4 members (excludes halogenated alkanes) is 1. The van der Waals surface area contributed by atoms with Gasteiger partial charge in [-0.2, -0.15) is 4.31 Å². The van der Waals surface area contributed by atoms with E-state index in [-0.39, 0.29) is 17.0 Å². The largest absolute Gasteiger partial charge is 0.468 e. The zero-order valence-electron chi connectivity index (χ0n) is 13.9. The second-order valence-electron chi connectivity index (χ2n) is 5.84. The molecule has 1 N–H and O–H groups in total. The summed E-state index contributed by atoms with van der Waals surface area (Å²) in [5.41, 5.74) is 0.392. The lowest BCUT2D eigenvalue weighted by Gasteiger charge is -2.21. The molecule has 0 amide bonds. The van der Waals surface area contributed by atoms with Gasteiger partial charge in [-0.1, -0.05) is 13.3 Å². The summed E-state index contributed by atoms with van der Waals surface area (Å²) >= 11 is 0. The molecule has 6 nitrogen and oxygen atoms in total. The third-order valence-corrected chi connectivity index (χ3v) is 5.85. The number of aromatic nitrogens is 1. The van der Waals surface area contributed by atoms with E-state index in [4.69, 9.17) is 4.42 Å². The summed E-state index contributed by atoms with van der Waals surface area (Å²) in [6.07, 6.45) is 3.19. The van der Waals surface area contributed by atoms with Crippen LogP contribution < -0.4 is 5.56 Å². The number of rotatable bonds is 7. The molecule has 3 rings (SSSR count). The van der Waals surface area contributed by atoms with Crippen LogP contribution in [0.1, 0.15) is 25.5 Å². The second kappa shape index (κ2) is 7.25. The maximum absolute atomic E-state index is 13.1. The number of nitrogens with zero attached hydrogens (tertiary/aromatic N) is 1. The van der Waals surface area contributed by atoms with Crippen molar-refractivity contribution in [2.45, 2.75) is 31.2 Å². The molecule has 0 saturated heterocycles. The number of hydrogen-bond donors (Lipinski definition) is 1. The lowest BCUT2D eigenvalue weighted by Crippen LogP contribution is -2.31. The number of benzene rings is 1. The Kier molecular flexibility index (Phi) is 5.06. The minimum absolute atomic E-state index is 0.193. The van der Waals surface area contributed by atoms with E-state index in [1.54, 1.807) is 30.3 Å². The first-order chi connectivity index (χ1) is 12.0. The topological polar surface area (TPSA) is 83.4 Å². The smallest absolute Gasteiger partial charge is 0.248 e. The van der Waals surface area contributed by atoms with Crippen LogP contribution in [0, 0.1) is 0 Å². The van der Waals surface area contributed by atoms with Crippen LogP contribution in [-0.4, -0.2) is 24.3 Å². The predicted molar refractivity (Wildman–Crippen MR) is 95.8 cm³/mol.